The molecule has 0 fully saturated rings. The van der Waals surface area contributed by atoms with Gasteiger partial charge in [-0.15, -0.1) is 0 Å². The highest BCUT2D eigenvalue weighted by Gasteiger charge is 2.13. The van der Waals surface area contributed by atoms with Crippen molar-refractivity contribution in [3.63, 3.8) is 0 Å². The molecule has 2 aliphatic heterocycles. The third-order valence-electron chi connectivity index (χ3n) is 5.84. The lowest BCUT2D eigenvalue weighted by Crippen LogP contribution is -2.00. The van der Waals surface area contributed by atoms with E-state index < -0.39 is 0 Å². The minimum Gasteiger partial charge on any atom is -0.355 e. The molecule has 5 rings (SSSR count). The molecule has 162 valence electrons. The van der Waals surface area contributed by atoms with Crippen LogP contribution in [0.5, 0.6) is 0 Å². The monoisotopic (exact) mass is 422 g/mol. The van der Waals surface area contributed by atoms with Gasteiger partial charge in [0, 0.05) is 27.6 Å². The molecule has 5 heterocycles. The largest absolute Gasteiger partial charge is 0.355 e. The Balaban J connectivity index is 1.84. The van der Waals surface area contributed by atoms with Crippen molar-refractivity contribution >= 4 is 46.4 Å². The van der Waals surface area contributed by atoms with Crippen LogP contribution in [0.4, 0.5) is 0 Å². The molecule has 0 amide bonds. The Kier molecular flexibility index (Phi) is 5.30. The second-order valence-corrected chi connectivity index (χ2v) is 9.61. The minimum absolute atomic E-state index is 0.524. The average molecular weight is 423 g/mol. The number of aromatic nitrogens is 4. The van der Waals surface area contributed by atoms with Crippen molar-refractivity contribution in [1.29, 1.82) is 0 Å². The second kappa shape index (κ2) is 8.27. The molecule has 0 aromatic carbocycles. The normalized spacial score (nSPS) is 12.9. The highest BCUT2D eigenvalue weighted by Crippen LogP contribution is 2.25. The predicted octanol–water partition coefficient (Wildman–Crippen LogP) is 7.05. The number of aromatic amines is 2. The molecule has 2 N–H and O–H groups in total. The fourth-order valence-electron chi connectivity index (χ4n) is 4.44. The van der Waals surface area contributed by atoms with Crippen molar-refractivity contribution in [2.24, 2.45) is 11.8 Å². The molecule has 0 saturated carbocycles. The zero-order valence-corrected chi connectivity index (χ0v) is 19.2. The molecule has 0 radical (unpaired) electrons. The lowest BCUT2D eigenvalue weighted by Gasteiger charge is -2.07. The Hall–Kier alpha value is -3.40. The molecule has 0 aliphatic carbocycles. The van der Waals surface area contributed by atoms with E-state index in [9.17, 15) is 0 Å². The maximum absolute atomic E-state index is 4.94. The van der Waals surface area contributed by atoms with E-state index in [4.69, 9.17) is 9.97 Å². The zero-order valence-electron chi connectivity index (χ0n) is 19.2. The smallest absolute Gasteiger partial charge is 0.0691 e. The molecule has 3 aromatic heterocycles. The van der Waals surface area contributed by atoms with Gasteiger partial charge in [-0.25, -0.2) is 9.97 Å². The summed E-state index contributed by atoms with van der Waals surface area (Å²) in [4.78, 5) is 17.1. The fourth-order valence-corrected chi connectivity index (χ4v) is 4.44. The van der Waals surface area contributed by atoms with Gasteiger partial charge in [-0.3, -0.25) is 0 Å². The predicted molar refractivity (Wildman–Crippen MR) is 136 cm³/mol. The third-order valence-corrected chi connectivity index (χ3v) is 5.84. The SMILES string of the molecule is CC(C)Cc1c2nc(cc3ccc([nH]3)c(CC(C)C)c3ccc(cc4nc1C=C4)[nH]3)C=C2. The number of nitrogens with zero attached hydrogens (tertiary/aromatic N) is 2. The quantitative estimate of drug-likeness (QED) is 0.326. The van der Waals surface area contributed by atoms with E-state index in [2.05, 4.69) is 98.4 Å². The Morgan fingerprint density at radius 3 is 1.56 bits per heavy atom. The van der Waals surface area contributed by atoms with Gasteiger partial charge in [0.15, 0.2) is 0 Å². The number of nitrogens with one attached hydrogen (secondary N) is 2. The van der Waals surface area contributed by atoms with Crippen LogP contribution in [-0.4, -0.2) is 19.9 Å². The van der Waals surface area contributed by atoms with Crippen LogP contribution in [0.15, 0.2) is 36.4 Å². The summed E-state index contributed by atoms with van der Waals surface area (Å²) in [5, 5.41) is 0. The molecule has 4 nitrogen and oxygen atoms in total. The summed E-state index contributed by atoms with van der Waals surface area (Å²) in [5.74, 6) is 1.08. The Labute approximate surface area is 189 Å². The van der Waals surface area contributed by atoms with Gasteiger partial charge >= 0.3 is 0 Å². The summed E-state index contributed by atoms with van der Waals surface area (Å²) in [6, 6.07) is 12.9. The molecule has 4 heteroatoms. The summed E-state index contributed by atoms with van der Waals surface area (Å²) in [7, 11) is 0. The molecule has 8 bridgehead atoms. The lowest BCUT2D eigenvalue weighted by atomic mass is 10.00. The number of hydrogen-bond acceptors (Lipinski definition) is 2. The zero-order chi connectivity index (χ0) is 22.2. The summed E-state index contributed by atoms with van der Waals surface area (Å²) in [6.07, 6.45) is 10.4. The van der Waals surface area contributed by atoms with Gasteiger partial charge in [-0.1, -0.05) is 27.7 Å². The molecular weight excluding hydrogens is 392 g/mol. The van der Waals surface area contributed by atoms with Crippen molar-refractivity contribution in [2.45, 2.75) is 40.5 Å². The number of hydrogen-bond donors (Lipinski definition) is 2. The molecule has 0 unspecified atom stereocenters. The first-order chi connectivity index (χ1) is 15.4. The van der Waals surface area contributed by atoms with Crippen LogP contribution in [0.25, 0.3) is 46.4 Å². The Morgan fingerprint density at radius 1 is 0.625 bits per heavy atom. The second-order valence-electron chi connectivity index (χ2n) is 9.61. The van der Waals surface area contributed by atoms with Gasteiger partial charge in [0.25, 0.3) is 0 Å². The Morgan fingerprint density at radius 2 is 1.09 bits per heavy atom. The van der Waals surface area contributed by atoms with Gasteiger partial charge in [-0.05, 0) is 90.9 Å². The van der Waals surface area contributed by atoms with E-state index in [1.807, 2.05) is 0 Å². The summed E-state index contributed by atoms with van der Waals surface area (Å²) < 4.78 is 0. The molecule has 2 aliphatic rings. The molecular formula is C28H30N4. The van der Waals surface area contributed by atoms with Crippen LogP contribution in [0, 0.1) is 11.8 Å². The lowest BCUT2D eigenvalue weighted by molar-refractivity contribution is 0.643. The summed E-state index contributed by atoms with van der Waals surface area (Å²) in [6.45, 7) is 9.00. The first-order valence-corrected chi connectivity index (χ1v) is 11.5. The van der Waals surface area contributed by atoms with E-state index in [-0.39, 0.29) is 0 Å². The van der Waals surface area contributed by atoms with E-state index in [0.717, 1.165) is 57.7 Å². The first kappa shape index (κ1) is 20.5. The van der Waals surface area contributed by atoms with Gasteiger partial charge in [-0.2, -0.15) is 0 Å². The standard InChI is InChI=1S/C28H30N4/c1-17(2)13-23-25-9-5-19(29-25)15-21-7-11-27(31-21)24(14-18(3)4)28-12-8-22(32-28)16-20-6-10-26(23)30-20/h5-12,15-18,29-30H,13-14H2,1-4H3. The van der Waals surface area contributed by atoms with E-state index in [1.165, 1.54) is 11.1 Å². The first-order valence-electron chi connectivity index (χ1n) is 11.5. The number of rotatable bonds is 4. The number of fused-ring (bicyclic) bond motifs is 8. The van der Waals surface area contributed by atoms with E-state index in [1.54, 1.807) is 0 Å². The van der Waals surface area contributed by atoms with Crippen molar-refractivity contribution < 1.29 is 0 Å². The summed E-state index contributed by atoms with van der Waals surface area (Å²) in [5.41, 5.74) is 10.9. The highest BCUT2D eigenvalue weighted by atomic mass is 14.8. The third kappa shape index (κ3) is 4.18. The van der Waals surface area contributed by atoms with Crippen LogP contribution in [0.1, 0.15) is 61.6 Å². The van der Waals surface area contributed by atoms with E-state index >= 15 is 0 Å². The van der Waals surface area contributed by atoms with Crippen LogP contribution >= 0.6 is 0 Å². The van der Waals surface area contributed by atoms with Gasteiger partial charge in [0.05, 0.1) is 22.8 Å². The van der Waals surface area contributed by atoms with Crippen LogP contribution < -0.4 is 0 Å². The number of H-pyrrole nitrogens is 2. The Bertz CT molecular complexity index is 1280. The average Bonchev–Trinajstić information content (AvgIpc) is 3.52. The van der Waals surface area contributed by atoms with Gasteiger partial charge in [0.1, 0.15) is 0 Å². The maximum Gasteiger partial charge on any atom is 0.0691 e. The van der Waals surface area contributed by atoms with Crippen LogP contribution in [-0.2, 0) is 12.8 Å². The van der Waals surface area contributed by atoms with E-state index in [0.29, 0.717) is 11.8 Å². The fraction of sp³-hybridized carbons (Fsp3) is 0.286. The van der Waals surface area contributed by atoms with Crippen molar-refractivity contribution in [3.8, 4) is 0 Å². The van der Waals surface area contributed by atoms with Crippen molar-refractivity contribution in [1.82, 2.24) is 19.9 Å². The summed E-state index contributed by atoms with van der Waals surface area (Å²) >= 11 is 0. The molecule has 0 saturated heterocycles. The topological polar surface area (TPSA) is 57.4 Å². The highest BCUT2D eigenvalue weighted by molar-refractivity contribution is 5.80. The van der Waals surface area contributed by atoms with Crippen LogP contribution in [0.2, 0.25) is 0 Å². The van der Waals surface area contributed by atoms with Crippen LogP contribution in [0.3, 0.4) is 0 Å². The van der Waals surface area contributed by atoms with Crippen molar-refractivity contribution in [2.75, 3.05) is 0 Å². The molecule has 32 heavy (non-hydrogen) atoms. The van der Waals surface area contributed by atoms with Gasteiger partial charge in [0.2, 0.25) is 0 Å². The molecule has 0 spiro atoms. The molecule has 0 atom stereocenters. The van der Waals surface area contributed by atoms with Gasteiger partial charge < -0.3 is 9.97 Å². The maximum atomic E-state index is 4.94. The molecule has 3 aromatic rings. The minimum atomic E-state index is 0.524. The van der Waals surface area contributed by atoms with Crippen molar-refractivity contribution in [3.05, 3.63) is 70.3 Å².